The summed E-state index contributed by atoms with van der Waals surface area (Å²) in [7, 11) is -3.06. The lowest BCUT2D eigenvalue weighted by Gasteiger charge is -2.22. The average Bonchev–Trinajstić information content (AvgIpc) is 2.28. The number of hydrogen-bond donors (Lipinski definition) is 2. The molecular weight excluding hydrogens is 248 g/mol. The van der Waals surface area contributed by atoms with Gasteiger partial charge in [-0.2, -0.15) is 0 Å². The molecule has 0 radical (unpaired) electrons. The Hall–Kier alpha value is -0.130. The normalized spacial score (nSPS) is 18.4. The zero-order chi connectivity index (χ0) is 13.4. The molecule has 1 rings (SSSR count). The minimum atomic E-state index is -3.06. The predicted molar refractivity (Wildman–Crippen MR) is 76.1 cm³/mol. The zero-order valence-corrected chi connectivity index (χ0v) is 12.6. The van der Waals surface area contributed by atoms with Crippen LogP contribution in [0.15, 0.2) is 0 Å². The lowest BCUT2D eigenvalue weighted by molar-refractivity contribution is 0.400. The van der Waals surface area contributed by atoms with Crippen molar-refractivity contribution in [2.75, 3.05) is 25.4 Å². The van der Waals surface area contributed by atoms with E-state index in [0.29, 0.717) is 24.1 Å². The molecule has 2 N–H and O–H groups in total. The smallest absolute Gasteiger partial charge is 0.211 e. The van der Waals surface area contributed by atoms with Crippen molar-refractivity contribution < 1.29 is 8.42 Å². The van der Waals surface area contributed by atoms with E-state index in [9.17, 15) is 8.42 Å². The Bertz CT molecular complexity index is 309. The molecule has 1 heterocycles. The van der Waals surface area contributed by atoms with Gasteiger partial charge in [0, 0.05) is 6.54 Å². The number of nitrogens with one attached hydrogen (secondary N) is 2. The van der Waals surface area contributed by atoms with Gasteiger partial charge in [-0.05, 0) is 44.2 Å². The first-order chi connectivity index (χ1) is 8.49. The molecule has 1 aliphatic heterocycles. The maximum Gasteiger partial charge on any atom is 0.211 e. The van der Waals surface area contributed by atoms with Crippen molar-refractivity contribution in [2.24, 2.45) is 11.8 Å². The van der Waals surface area contributed by atoms with Crippen molar-refractivity contribution in [3.63, 3.8) is 0 Å². The van der Waals surface area contributed by atoms with E-state index in [-0.39, 0.29) is 0 Å². The fraction of sp³-hybridized carbons (Fsp3) is 1.00. The summed E-state index contributed by atoms with van der Waals surface area (Å²) >= 11 is 0. The van der Waals surface area contributed by atoms with Crippen LogP contribution in [0.4, 0.5) is 0 Å². The fourth-order valence-electron chi connectivity index (χ4n) is 2.32. The molecule has 0 saturated carbocycles. The monoisotopic (exact) mass is 276 g/mol. The summed E-state index contributed by atoms with van der Waals surface area (Å²) < 4.78 is 26.5. The molecule has 0 aliphatic carbocycles. The zero-order valence-electron chi connectivity index (χ0n) is 11.7. The molecule has 0 amide bonds. The summed E-state index contributed by atoms with van der Waals surface area (Å²) in [6.45, 7) is 6.89. The SMILES string of the molecule is CC(C)CCCCNS(=O)(=O)CC1CCNCC1. The molecule has 4 nitrogen and oxygen atoms in total. The maximum atomic E-state index is 11.9. The minimum Gasteiger partial charge on any atom is -0.317 e. The summed E-state index contributed by atoms with van der Waals surface area (Å²) in [6.07, 6.45) is 5.19. The highest BCUT2D eigenvalue weighted by Crippen LogP contribution is 2.13. The van der Waals surface area contributed by atoms with Crippen LogP contribution in [0.3, 0.4) is 0 Å². The van der Waals surface area contributed by atoms with Crippen molar-refractivity contribution >= 4 is 10.0 Å². The molecule has 5 heteroatoms. The molecule has 0 aromatic rings. The van der Waals surface area contributed by atoms with Crippen LogP contribution >= 0.6 is 0 Å². The molecule has 0 bridgehead atoms. The van der Waals surface area contributed by atoms with Gasteiger partial charge in [-0.1, -0.05) is 26.7 Å². The topological polar surface area (TPSA) is 58.2 Å². The Labute approximate surface area is 112 Å². The number of rotatable bonds is 8. The molecule has 1 fully saturated rings. The molecule has 0 aromatic carbocycles. The van der Waals surface area contributed by atoms with E-state index in [1.807, 2.05) is 0 Å². The van der Waals surface area contributed by atoms with Crippen LogP contribution in [0.5, 0.6) is 0 Å². The van der Waals surface area contributed by atoms with Crippen molar-refractivity contribution in [1.29, 1.82) is 0 Å². The predicted octanol–water partition coefficient (Wildman–Crippen LogP) is 1.73. The quantitative estimate of drug-likeness (QED) is 0.664. The van der Waals surface area contributed by atoms with E-state index >= 15 is 0 Å². The molecule has 108 valence electrons. The van der Waals surface area contributed by atoms with E-state index in [1.54, 1.807) is 0 Å². The van der Waals surface area contributed by atoms with E-state index < -0.39 is 10.0 Å². The van der Waals surface area contributed by atoms with Crippen LogP contribution in [0.2, 0.25) is 0 Å². The highest BCUT2D eigenvalue weighted by Gasteiger charge is 2.20. The van der Waals surface area contributed by atoms with E-state index in [2.05, 4.69) is 23.9 Å². The van der Waals surface area contributed by atoms with Crippen LogP contribution in [0, 0.1) is 11.8 Å². The fourth-order valence-corrected chi connectivity index (χ4v) is 3.85. The largest absolute Gasteiger partial charge is 0.317 e. The Balaban J connectivity index is 2.14. The van der Waals surface area contributed by atoms with Crippen molar-refractivity contribution in [1.82, 2.24) is 10.0 Å². The molecule has 0 spiro atoms. The molecule has 0 atom stereocenters. The average molecular weight is 276 g/mol. The second-order valence-corrected chi connectivity index (χ2v) is 7.61. The van der Waals surface area contributed by atoms with Gasteiger partial charge in [0.25, 0.3) is 0 Å². The summed E-state index contributed by atoms with van der Waals surface area (Å²) in [5, 5.41) is 3.26. The Morgan fingerprint density at radius 3 is 2.50 bits per heavy atom. The minimum absolute atomic E-state index is 0.304. The number of hydrogen-bond acceptors (Lipinski definition) is 3. The Morgan fingerprint density at radius 2 is 1.89 bits per heavy atom. The number of unbranched alkanes of at least 4 members (excludes halogenated alkanes) is 1. The lowest BCUT2D eigenvalue weighted by atomic mass is 10.0. The first-order valence-corrected chi connectivity index (χ1v) is 8.83. The second kappa shape index (κ2) is 8.12. The third kappa shape index (κ3) is 7.34. The third-order valence-electron chi connectivity index (χ3n) is 3.44. The van der Waals surface area contributed by atoms with E-state index in [4.69, 9.17) is 0 Å². The van der Waals surface area contributed by atoms with Crippen LogP contribution in [0.25, 0.3) is 0 Å². The second-order valence-electron chi connectivity index (χ2n) is 5.76. The first-order valence-electron chi connectivity index (χ1n) is 7.17. The maximum absolute atomic E-state index is 11.9. The first kappa shape index (κ1) is 15.9. The molecule has 1 saturated heterocycles. The summed E-state index contributed by atoms with van der Waals surface area (Å²) in [4.78, 5) is 0. The summed E-state index contributed by atoms with van der Waals surface area (Å²) in [5.41, 5.74) is 0. The van der Waals surface area contributed by atoms with Gasteiger partial charge in [0.15, 0.2) is 0 Å². The van der Waals surface area contributed by atoms with E-state index in [0.717, 1.165) is 38.8 Å². The highest BCUT2D eigenvalue weighted by atomic mass is 32.2. The van der Waals surface area contributed by atoms with Crippen molar-refractivity contribution in [3.8, 4) is 0 Å². The molecule has 18 heavy (non-hydrogen) atoms. The summed E-state index contributed by atoms with van der Waals surface area (Å²) in [5.74, 6) is 1.34. The molecule has 1 aliphatic rings. The molecule has 0 unspecified atom stereocenters. The van der Waals surface area contributed by atoms with Crippen molar-refractivity contribution in [3.05, 3.63) is 0 Å². The van der Waals surface area contributed by atoms with Gasteiger partial charge in [0.2, 0.25) is 10.0 Å². The molecular formula is C13H28N2O2S. The van der Waals surface area contributed by atoms with Crippen LogP contribution in [-0.2, 0) is 10.0 Å². The van der Waals surface area contributed by atoms with Gasteiger partial charge in [-0.3, -0.25) is 0 Å². The number of piperidine rings is 1. The highest BCUT2D eigenvalue weighted by molar-refractivity contribution is 7.89. The van der Waals surface area contributed by atoms with Gasteiger partial charge in [0.05, 0.1) is 5.75 Å². The number of sulfonamides is 1. The van der Waals surface area contributed by atoms with Gasteiger partial charge < -0.3 is 5.32 Å². The third-order valence-corrected chi connectivity index (χ3v) is 5.00. The van der Waals surface area contributed by atoms with Gasteiger partial charge >= 0.3 is 0 Å². The van der Waals surface area contributed by atoms with Crippen LogP contribution in [0.1, 0.15) is 46.0 Å². The Kier molecular flexibility index (Phi) is 7.19. The van der Waals surface area contributed by atoms with Gasteiger partial charge in [-0.15, -0.1) is 0 Å². The summed E-state index contributed by atoms with van der Waals surface area (Å²) in [6, 6.07) is 0. The van der Waals surface area contributed by atoms with Crippen LogP contribution < -0.4 is 10.0 Å². The standard InChI is InChI=1S/C13H28N2O2S/c1-12(2)5-3-4-8-15-18(16,17)11-13-6-9-14-10-7-13/h12-15H,3-11H2,1-2H3. The lowest BCUT2D eigenvalue weighted by Crippen LogP contribution is -2.35. The molecule has 0 aromatic heterocycles. The van der Waals surface area contributed by atoms with Gasteiger partial charge in [-0.25, -0.2) is 13.1 Å². The van der Waals surface area contributed by atoms with Crippen molar-refractivity contribution in [2.45, 2.75) is 46.0 Å². The Morgan fingerprint density at radius 1 is 1.22 bits per heavy atom. The van der Waals surface area contributed by atoms with Gasteiger partial charge in [0.1, 0.15) is 0 Å². The van der Waals surface area contributed by atoms with E-state index in [1.165, 1.54) is 6.42 Å². The van der Waals surface area contributed by atoms with Crippen LogP contribution in [-0.4, -0.2) is 33.8 Å².